The Bertz CT molecular complexity index is 763. The summed E-state index contributed by atoms with van der Waals surface area (Å²) in [7, 11) is 3.44. The largest absolute Gasteiger partial charge is 0.355 e. The van der Waals surface area contributed by atoms with E-state index >= 15 is 0 Å². The first kappa shape index (κ1) is 19.2. The number of rotatable bonds is 6. The van der Waals surface area contributed by atoms with E-state index in [0.29, 0.717) is 27.8 Å². The fourth-order valence-electron chi connectivity index (χ4n) is 2.30. The van der Waals surface area contributed by atoms with E-state index in [-0.39, 0.29) is 18.4 Å². The Morgan fingerprint density at radius 1 is 1.08 bits per heavy atom. The topological polar surface area (TPSA) is 61.4 Å². The summed E-state index contributed by atoms with van der Waals surface area (Å²) in [5.41, 5.74) is 2.14. The number of hydrogen-bond acceptors (Lipinski definition) is 3. The van der Waals surface area contributed by atoms with Crippen LogP contribution in [-0.2, 0) is 11.3 Å². The molecule has 2 aromatic carbocycles. The van der Waals surface area contributed by atoms with Crippen LogP contribution in [0.3, 0.4) is 0 Å². The van der Waals surface area contributed by atoms with Gasteiger partial charge < -0.3 is 10.6 Å². The number of carbonyl (C=O) groups excluding carboxylic acids is 2. The van der Waals surface area contributed by atoms with E-state index in [1.165, 1.54) is 0 Å². The third-order valence-corrected chi connectivity index (χ3v) is 4.06. The molecule has 2 aromatic rings. The minimum absolute atomic E-state index is 0.126. The molecule has 2 amide bonds. The van der Waals surface area contributed by atoms with Crippen molar-refractivity contribution in [3.8, 4) is 0 Å². The zero-order valence-electron chi connectivity index (χ0n) is 14.0. The standard InChI is InChI=1S/C18H19Cl2N3O2/c1-21-18(25)13-5-3-12(4-6-13)10-23(2)11-17(24)22-16-8-7-14(19)9-15(16)20/h3-9H,10-11H2,1-2H3,(H,21,25)(H,22,24). The van der Waals surface area contributed by atoms with Gasteiger partial charge in [-0.2, -0.15) is 0 Å². The number of anilines is 1. The lowest BCUT2D eigenvalue weighted by molar-refractivity contribution is -0.117. The van der Waals surface area contributed by atoms with E-state index in [9.17, 15) is 9.59 Å². The molecule has 0 spiro atoms. The molecule has 0 heterocycles. The third kappa shape index (κ3) is 5.74. The maximum Gasteiger partial charge on any atom is 0.251 e. The Kier molecular flexibility index (Phi) is 6.82. The van der Waals surface area contributed by atoms with Crippen LogP contribution in [0.2, 0.25) is 10.0 Å². The first-order valence-electron chi connectivity index (χ1n) is 7.63. The summed E-state index contributed by atoms with van der Waals surface area (Å²) in [5.74, 6) is -0.298. The quantitative estimate of drug-likeness (QED) is 0.807. The van der Waals surface area contributed by atoms with Gasteiger partial charge in [0.15, 0.2) is 0 Å². The molecule has 0 radical (unpaired) electrons. The molecule has 2 N–H and O–H groups in total. The third-order valence-electron chi connectivity index (χ3n) is 3.51. The Morgan fingerprint density at radius 2 is 1.76 bits per heavy atom. The molecule has 0 aromatic heterocycles. The molecule has 25 heavy (non-hydrogen) atoms. The van der Waals surface area contributed by atoms with Crippen LogP contribution in [0.15, 0.2) is 42.5 Å². The van der Waals surface area contributed by atoms with Crippen LogP contribution in [0.1, 0.15) is 15.9 Å². The van der Waals surface area contributed by atoms with Gasteiger partial charge in [0.25, 0.3) is 5.91 Å². The van der Waals surface area contributed by atoms with Crippen molar-refractivity contribution in [2.24, 2.45) is 0 Å². The van der Waals surface area contributed by atoms with Gasteiger partial charge in [0.05, 0.1) is 17.3 Å². The van der Waals surface area contributed by atoms with Gasteiger partial charge in [0, 0.05) is 24.2 Å². The van der Waals surface area contributed by atoms with Crippen molar-refractivity contribution in [3.63, 3.8) is 0 Å². The second-order valence-corrected chi connectivity index (χ2v) is 6.46. The second kappa shape index (κ2) is 8.85. The van der Waals surface area contributed by atoms with Gasteiger partial charge in [0.2, 0.25) is 5.91 Å². The van der Waals surface area contributed by atoms with Crippen molar-refractivity contribution in [3.05, 3.63) is 63.6 Å². The van der Waals surface area contributed by atoms with Gasteiger partial charge in [-0.3, -0.25) is 14.5 Å². The van der Waals surface area contributed by atoms with E-state index in [0.717, 1.165) is 5.56 Å². The molecular formula is C18H19Cl2N3O2. The van der Waals surface area contributed by atoms with Gasteiger partial charge in [0.1, 0.15) is 0 Å². The van der Waals surface area contributed by atoms with E-state index < -0.39 is 0 Å². The van der Waals surface area contributed by atoms with Crippen molar-refractivity contribution >= 4 is 40.7 Å². The number of hydrogen-bond donors (Lipinski definition) is 2. The van der Waals surface area contributed by atoms with Crippen LogP contribution in [0.25, 0.3) is 0 Å². The Hall–Kier alpha value is -2.08. The summed E-state index contributed by atoms with van der Waals surface area (Å²) in [6.07, 6.45) is 0. The van der Waals surface area contributed by atoms with Crippen molar-refractivity contribution < 1.29 is 9.59 Å². The number of carbonyl (C=O) groups is 2. The highest BCUT2D eigenvalue weighted by Gasteiger charge is 2.10. The van der Waals surface area contributed by atoms with Gasteiger partial charge >= 0.3 is 0 Å². The summed E-state index contributed by atoms with van der Waals surface area (Å²) in [4.78, 5) is 25.5. The summed E-state index contributed by atoms with van der Waals surface area (Å²) >= 11 is 11.9. The molecule has 0 aliphatic rings. The van der Waals surface area contributed by atoms with Crippen molar-refractivity contribution in [1.29, 1.82) is 0 Å². The SMILES string of the molecule is CNC(=O)c1ccc(CN(C)CC(=O)Nc2ccc(Cl)cc2Cl)cc1. The molecule has 0 aliphatic carbocycles. The lowest BCUT2D eigenvalue weighted by Gasteiger charge is -2.17. The van der Waals surface area contributed by atoms with E-state index in [4.69, 9.17) is 23.2 Å². The Labute approximate surface area is 156 Å². The van der Waals surface area contributed by atoms with Crippen molar-refractivity contribution in [2.75, 3.05) is 26.0 Å². The number of nitrogens with one attached hydrogen (secondary N) is 2. The highest BCUT2D eigenvalue weighted by molar-refractivity contribution is 6.36. The minimum atomic E-state index is -0.172. The van der Waals surface area contributed by atoms with Crippen LogP contribution in [-0.4, -0.2) is 37.4 Å². The molecule has 7 heteroatoms. The van der Waals surface area contributed by atoms with E-state index in [1.54, 1.807) is 37.4 Å². The van der Waals surface area contributed by atoms with Crippen LogP contribution >= 0.6 is 23.2 Å². The molecule has 0 fully saturated rings. The summed E-state index contributed by atoms with van der Waals surface area (Å²) in [5, 5.41) is 6.25. The fourth-order valence-corrected chi connectivity index (χ4v) is 2.75. The van der Waals surface area contributed by atoms with Gasteiger partial charge in [-0.25, -0.2) is 0 Å². The maximum atomic E-state index is 12.1. The fraction of sp³-hybridized carbons (Fsp3) is 0.222. The lowest BCUT2D eigenvalue weighted by atomic mass is 10.1. The molecule has 0 bridgehead atoms. The van der Waals surface area contributed by atoms with Gasteiger partial charge in [-0.15, -0.1) is 0 Å². The van der Waals surface area contributed by atoms with Crippen LogP contribution < -0.4 is 10.6 Å². The molecule has 0 saturated carbocycles. The smallest absolute Gasteiger partial charge is 0.251 e. The summed E-state index contributed by atoms with van der Waals surface area (Å²) in [6.45, 7) is 0.784. The predicted octanol–water partition coefficient (Wildman–Crippen LogP) is 3.42. The average molecular weight is 380 g/mol. The first-order valence-corrected chi connectivity index (χ1v) is 8.39. The number of amides is 2. The molecule has 5 nitrogen and oxygen atoms in total. The maximum absolute atomic E-state index is 12.1. The number of benzene rings is 2. The summed E-state index contributed by atoms with van der Waals surface area (Å²) < 4.78 is 0. The van der Waals surface area contributed by atoms with E-state index in [2.05, 4.69) is 10.6 Å². The van der Waals surface area contributed by atoms with Crippen LogP contribution in [0.4, 0.5) is 5.69 Å². The predicted molar refractivity (Wildman–Crippen MR) is 101 cm³/mol. The van der Waals surface area contributed by atoms with Crippen molar-refractivity contribution in [2.45, 2.75) is 6.54 Å². The number of nitrogens with zero attached hydrogens (tertiary/aromatic N) is 1. The highest BCUT2D eigenvalue weighted by Crippen LogP contribution is 2.25. The molecule has 2 rings (SSSR count). The zero-order chi connectivity index (χ0) is 18.4. The average Bonchev–Trinajstić information content (AvgIpc) is 2.57. The van der Waals surface area contributed by atoms with Crippen molar-refractivity contribution in [1.82, 2.24) is 10.2 Å². The second-order valence-electron chi connectivity index (χ2n) is 5.62. The first-order chi connectivity index (χ1) is 11.9. The lowest BCUT2D eigenvalue weighted by Crippen LogP contribution is -2.30. The zero-order valence-corrected chi connectivity index (χ0v) is 15.5. The van der Waals surface area contributed by atoms with Gasteiger partial charge in [-0.1, -0.05) is 35.3 Å². The highest BCUT2D eigenvalue weighted by atomic mass is 35.5. The van der Waals surface area contributed by atoms with Gasteiger partial charge in [-0.05, 0) is 42.9 Å². The number of likely N-dealkylation sites (N-methyl/N-ethyl adjacent to an activating group) is 1. The normalized spacial score (nSPS) is 10.6. The Morgan fingerprint density at radius 3 is 2.36 bits per heavy atom. The molecule has 0 unspecified atom stereocenters. The van der Waals surface area contributed by atoms with Crippen LogP contribution in [0.5, 0.6) is 0 Å². The van der Waals surface area contributed by atoms with Crippen LogP contribution in [0, 0.1) is 0 Å². The molecule has 132 valence electrons. The van der Waals surface area contributed by atoms with E-state index in [1.807, 2.05) is 24.1 Å². The monoisotopic (exact) mass is 379 g/mol. The Balaban J connectivity index is 1.89. The summed E-state index contributed by atoms with van der Waals surface area (Å²) in [6, 6.07) is 12.2. The minimum Gasteiger partial charge on any atom is -0.355 e. The molecular weight excluding hydrogens is 361 g/mol. The molecule has 0 atom stereocenters. The molecule has 0 saturated heterocycles. The number of halogens is 2. The molecule has 0 aliphatic heterocycles.